The monoisotopic (exact) mass is 223 g/mol. The maximum absolute atomic E-state index is 12.1. The smallest absolute Gasteiger partial charge is 0.222 e. The summed E-state index contributed by atoms with van der Waals surface area (Å²) in [5.41, 5.74) is 0. The van der Waals surface area contributed by atoms with Gasteiger partial charge in [0.2, 0.25) is 5.91 Å². The molecule has 0 N–H and O–H groups in total. The zero-order valence-corrected chi connectivity index (χ0v) is 10.9. The first-order valence-electron chi connectivity index (χ1n) is 6.87. The van der Waals surface area contributed by atoms with Gasteiger partial charge in [0.1, 0.15) is 0 Å². The molecule has 2 aliphatic carbocycles. The Morgan fingerprint density at radius 2 is 2.12 bits per heavy atom. The van der Waals surface area contributed by atoms with E-state index in [9.17, 15) is 4.79 Å². The zero-order chi connectivity index (χ0) is 11.7. The second kappa shape index (κ2) is 4.77. The lowest BCUT2D eigenvalue weighted by atomic mass is 9.86. The van der Waals surface area contributed by atoms with Gasteiger partial charge >= 0.3 is 0 Å². The van der Waals surface area contributed by atoms with Crippen LogP contribution in [0.5, 0.6) is 0 Å². The van der Waals surface area contributed by atoms with E-state index in [1.165, 1.54) is 25.7 Å². The molecule has 92 valence electrons. The van der Waals surface area contributed by atoms with Crippen LogP contribution in [0.3, 0.4) is 0 Å². The number of nitrogens with zero attached hydrogens (tertiary/aromatic N) is 1. The molecule has 0 spiro atoms. The Kier molecular flexibility index (Phi) is 3.56. The van der Waals surface area contributed by atoms with Crippen molar-refractivity contribution in [2.24, 2.45) is 17.8 Å². The fourth-order valence-electron chi connectivity index (χ4n) is 3.51. The van der Waals surface area contributed by atoms with Gasteiger partial charge in [-0.3, -0.25) is 4.79 Å². The molecule has 0 aromatic carbocycles. The molecule has 2 rings (SSSR count). The topological polar surface area (TPSA) is 20.3 Å². The summed E-state index contributed by atoms with van der Waals surface area (Å²) in [6, 6.07) is 0.395. The van der Waals surface area contributed by atoms with Crippen molar-refractivity contribution in [3.05, 3.63) is 0 Å². The third kappa shape index (κ3) is 2.26. The summed E-state index contributed by atoms with van der Waals surface area (Å²) >= 11 is 0. The highest BCUT2D eigenvalue weighted by molar-refractivity contribution is 5.76. The molecule has 4 atom stereocenters. The van der Waals surface area contributed by atoms with Gasteiger partial charge in [0.05, 0.1) is 0 Å². The number of hydrogen-bond donors (Lipinski definition) is 0. The Bertz CT molecular complexity index is 263. The second-order valence-electron chi connectivity index (χ2n) is 5.90. The molecule has 4 unspecified atom stereocenters. The molecule has 2 heteroatoms. The van der Waals surface area contributed by atoms with E-state index >= 15 is 0 Å². The maximum Gasteiger partial charge on any atom is 0.222 e. The van der Waals surface area contributed by atoms with E-state index in [4.69, 9.17) is 0 Å². The van der Waals surface area contributed by atoms with Gasteiger partial charge in [-0.25, -0.2) is 0 Å². The summed E-state index contributed by atoms with van der Waals surface area (Å²) in [6.07, 6.45) is 7.41. The van der Waals surface area contributed by atoms with Crippen molar-refractivity contribution in [2.45, 2.75) is 58.4 Å². The lowest BCUT2D eigenvalue weighted by molar-refractivity contribution is -0.133. The second-order valence-corrected chi connectivity index (χ2v) is 5.90. The standard InChI is InChI=1S/C14H25NO/c1-4-10(2)15(3)14(16)9-13-8-11-5-6-12(13)7-11/h10-13H,4-9H2,1-3H3. The molecular formula is C14H25NO. The quantitative estimate of drug-likeness (QED) is 0.717. The van der Waals surface area contributed by atoms with E-state index in [-0.39, 0.29) is 0 Å². The van der Waals surface area contributed by atoms with Crippen molar-refractivity contribution in [1.82, 2.24) is 4.90 Å². The van der Waals surface area contributed by atoms with E-state index in [0.29, 0.717) is 17.9 Å². The van der Waals surface area contributed by atoms with Gasteiger partial charge < -0.3 is 4.90 Å². The third-order valence-corrected chi connectivity index (χ3v) is 4.97. The van der Waals surface area contributed by atoms with Crippen LogP contribution in [0.25, 0.3) is 0 Å². The van der Waals surface area contributed by atoms with Crippen molar-refractivity contribution in [2.75, 3.05) is 7.05 Å². The summed E-state index contributed by atoms with van der Waals surface area (Å²) < 4.78 is 0. The Labute approximate surface area is 99.4 Å². The first-order chi connectivity index (χ1) is 7.61. The predicted octanol–water partition coefficient (Wildman–Crippen LogP) is 3.07. The normalized spacial score (nSPS) is 34.1. The molecule has 2 nitrogen and oxygen atoms in total. The molecular weight excluding hydrogens is 198 g/mol. The van der Waals surface area contributed by atoms with E-state index in [0.717, 1.165) is 24.7 Å². The summed E-state index contributed by atoms with van der Waals surface area (Å²) in [4.78, 5) is 14.1. The van der Waals surface area contributed by atoms with E-state index < -0.39 is 0 Å². The van der Waals surface area contributed by atoms with E-state index in [2.05, 4.69) is 13.8 Å². The minimum Gasteiger partial charge on any atom is -0.343 e. The van der Waals surface area contributed by atoms with Crippen molar-refractivity contribution in [1.29, 1.82) is 0 Å². The van der Waals surface area contributed by atoms with Crippen LogP contribution in [0.15, 0.2) is 0 Å². The molecule has 0 aliphatic heterocycles. The molecule has 2 aliphatic rings. The van der Waals surface area contributed by atoms with Gasteiger partial charge in [-0.2, -0.15) is 0 Å². The van der Waals surface area contributed by atoms with Gasteiger partial charge in [0.15, 0.2) is 0 Å². The fraction of sp³-hybridized carbons (Fsp3) is 0.929. The molecule has 0 aromatic heterocycles. The average molecular weight is 223 g/mol. The highest BCUT2D eigenvalue weighted by atomic mass is 16.2. The Balaban J connectivity index is 1.83. The van der Waals surface area contributed by atoms with Crippen molar-refractivity contribution < 1.29 is 4.79 Å². The molecule has 0 aromatic rings. The van der Waals surface area contributed by atoms with Gasteiger partial charge in [0.25, 0.3) is 0 Å². The number of fused-ring (bicyclic) bond motifs is 2. The van der Waals surface area contributed by atoms with E-state index in [1.54, 1.807) is 0 Å². The largest absolute Gasteiger partial charge is 0.343 e. The van der Waals surface area contributed by atoms with Crippen LogP contribution in [0.4, 0.5) is 0 Å². The molecule has 16 heavy (non-hydrogen) atoms. The van der Waals surface area contributed by atoms with Gasteiger partial charge in [-0.05, 0) is 50.4 Å². The number of rotatable bonds is 4. The van der Waals surface area contributed by atoms with Crippen LogP contribution in [0.2, 0.25) is 0 Å². The summed E-state index contributed by atoms with van der Waals surface area (Å²) in [5, 5.41) is 0. The number of hydrogen-bond acceptors (Lipinski definition) is 1. The van der Waals surface area contributed by atoms with Crippen LogP contribution in [-0.2, 0) is 4.79 Å². The summed E-state index contributed by atoms with van der Waals surface area (Å²) in [6.45, 7) is 4.28. The summed E-state index contributed by atoms with van der Waals surface area (Å²) in [7, 11) is 1.96. The Hall–Kier alpha value is -0.530. The van der Waals surface area contributed by atoms with Crippen molar-refractivity contribution >= 4 is 5.91 Å². The molecule has 0 saturated heterocycles. The van der Waals surface area contributed by atoms with Gasteiger partial charge in [-0.15, -0.1) is 0 Å². The summed E-state index contributed by atoms with van der Waals surface area (Å²) in [5.74, 6) is 2.90. The third-order valence-electron chi connectivity index (χ3n) is 4.97. The fourth-order valence-corrected chi connectivity index (χ4v) is 3.51. The van der Waals surface area contributed by atoms with Gasteiger partial charge in [0, 0.05) is 19.5 Å². The molecule has 2 bridgehead atoms. The lowest BCUT2D eigenvalue weighted by Crippen LogP contribution is -2.36. The van der Waals surface area contributed by atoms with Crippen LogP contribution in [0, 0.1) is 17.8 Å². The van der Waals surface area contributed by atoms with Crippen LogP contribution < -0.4 is 0 Å². The lowest BCUT2D eigenvalue weighted by Gasteiger charge is -2.27. The zero-order valence-electron chi connectivity index (χ0n) is 10.9. The minimum atomic E-state index is 0.368. The van der Waals surface area contributed by atoms with Crippen molar-refractivity contribution in [3.63, 3.8) is 0 Å². The van der Waals surface area contributed by atoms with Crippen molar-refractivity contribution in [3.8, 4) is 0 Å². The molecule has 0 radical (unpaired) electrons. The molecule has 0 heterocycles. The Morgan fingerprint density at radius 3 is 2.62 bits per heavy atom. The predicted molar refractivity (Wildman–Crippen MR) is 66.1 cm³/mol. The highest BCUT2D eigenvalue weighted by Gasteiger charge is 2.40. The number of amides is 1. The van der Waals surface area contributed by atoms with Crippen LogP contribution in [-0.4, -0.2) is 23.9 Å². The van der Waals surface area contributed by atoms with E-state index in [1.807, 2.05) is 11.9 Å². The average Bonchev–Trinajstić information content (AvgIpc) is 2.88. The molecule has 2 saturated carbocycles. The number of carbonyl (C=O) groups excluding carboxylic acids is 1. The first kappa shape index (κ1) is 11.9. The first-order valence-corrected chi connectivity index (χ1v) is 6.87. The Morgan fingerprint density at radius 1 is 1.38 bits per heavy atom. The molecule has 2 fully saturated rings. The SMILES string of the molecule is CCC(C)N(C)C(=O)CC1CC2CCC1C2. The van der Waals surface area contributed by atoms with Crippen LogP contribution in [0.1, 0.15) is 52.4 Å². The van der Waals surface area contributed by atoms with Crippen LogP contribution >= 0.6 is 0 Å². The highest BCUT2D eigenvalue weighted by Crippen LogP contribution is 2.49. The molecule has 1 amide bonds. The minimum absolute atomic E-state index is 0.368. The number of carbonyl (C=O) groups is 1. The van der Waals surface area contributed by atoms with Gasteiger partial charge in [-0.1, -0.05) is 13.3 Å². The maximum atomic E-state index is 12.1.